The lowest BCUT2D eigenvalue weighted by Crippen LogP contribution is -2.31. The van der Waals surface area contributed by atoms with E-state index in [0.717, 1.165) is 23.1 Å². The molecule has 3 aromatic rings. The summed E-state index contributed by atoms with van der Waals surface area (Å²) in [7, 11) is 0. The molecular formula is C28H24ClN3O2S. The van der Waals surface area contributed by atoms with Crippen molar-refractivity contribution in [2.24, 2.45) is 0 Å². The van der Waals surface area contributed by atoms with Crippen LogP contribution in [0.1, 0.15) is 23.6 Å². The number of nitriles is 1. The van der Waals surface area contributed by atoms with E-state index in [4.69, 9.17) is 11.6 Å². The van der Waals surface area contributed by atoms with Gasteiger partial charge in [-0.25, -0.2) is 0 Å². The minimum atomic E-state index is -0.555. The number of thioether (sulfide) groups is 1. The number of anilines is 2. The first-order valence-corrected chi connectivity index (χ1v) is 12.5. The van der Waals surface area contributed by atoms with Crippen molar-refractivity contribution in [3.63, 3.8) is 0 Å². The van der Waals surface area contributed by atoms with Crippen LogP contribution in [0.25, 0.3) is 0 Å². The predicted molar refractivity (Wildman–Crippen MR) is 142 cm³/mol. The maximum atomic E-state index is 13.6. The van der Waals surface area contributed by atoms with Crippen molar-refractivity contribution in [3.8, 4) is 6.07 Å². The highest BCUT2D eigenvalue weighted by Gasteiger charge is 2.41. The van der Waals surface area contributed by atoms with Gasteiger partial charge in [-0.3, -0.25) is 14.5 Å². The van der Waals surface area contributed by atoms with Crippen LogP contribution in [-0.2, 0) is 22.4 Å². The predicted octanol–water partition coefficient (Wildman–Crippen LogP) is 6.28. The molecule has 4 rings (SSSR count). The molecule has 0 aromatic heterocycles. The zero-order valence-electron chi connectivity index (χ0n) is 19.4. The number of benzene rings is 3. The number of nitrogens with one attached hydrogen (secondary N) is 1. The third kappa shape index (κ3) is 5.43. The highest BCUT2D eigenvalue weighted by Crippen LogP contribution is 2.42. The van der Waals surface area contributed by atoms with Crippen molar-refractivity contribution >= 4 is 46.6 Å². The SMILES string of the molecule is CCc1ccc(N2C(=O)C(Cc3ccccc3Cl)S/C2=C(/C#N)C(=O)Nc2ccc(C)cc2)cc1. The van der Waals surface area contributed by atoms with Crippen molar-refractivity contribution in [2.75, 3.05) is 10.2 Å². The first-order chi connectivity index (χ1) is 16.9. The third-order valence-electron chi connectivity index (χ3n) is 5.78. The van der Waals surface area contributed by atoms with Gasteiger partial charge in [-0.15, -0.1) is 0 Å². The Morgan fingerprint density at radius 3 is 2.40 bits per heavy atom. The average molecular weight is 502 g/mol. The van der Waals surface area contributed by atoms with E-state index in [9.17, 15) is 14.9 Å². The van der Waals surface area contributed by atoms with Gasteiger partial charge in [-0.2, -0.15) is 5.26 Å². The topological polar surface area (TPSA) is 73.2 Å². The highest BCUT2D eigenvalue weighted by atomic mass is 35.5. The number of carbonyl (C=O) groups is 2. The summed E-state index contributed by atoms with van der Waals surface area (Å²) in [4.78, 5) is 28.3. The van der Waals surface area contributed by atoms with Crippen LogP contribution in [0.4, 0.5) is 11.4 Å². The Balaban J connectivity index is 1.73. The van der Waals surface area contributed by atoms with Crippen molar-refractivity contribution in [1.82, 2.24) is 0 Å². The summed E-state index contributed by atoms with van der Waals surface area (Å²) in [5.41, 5.74) is 4.11. The molecule has 0 aliphatic carbocycles. The number of halogens is 1. The summed E-state index contributed by atoms with van der Waals surface area (Å²) < 4.78 is 0. The fourth-order valence-corrected chi connectivity index (χ4v) is 5.31. The Labute approximate surface area is 214 Å². The molecule has 0 spiro atoms. The van der Waals surface area contributed by atoms with Gasteiger partial charge in [0.2, 0.25) is 5.91 Å². The Kier molecular flexibility index (Phi) is 7.60. The molecule has 1 fully saturated rings. The molecule has 3 aromatic carbocycles. The number of carbonyl (C=O) groups excluding carboxylic acids is 2. The second kappa shape index (κ2) is 10.8. The van der Waals surface area contributed by atoms with Crippen LogP contribution in [0, 0.1) is 18.3 Å². The van der Waals surface area contributed by atoms with E-state index < -0.39 is 11.2 Å². The van der Waals surface area contributed by atoms with Gasteiger partial charge in [-0.05, 0) is 61.2 Å². The van der Waals surface area contributed by atoms with Gasteiger partial charge in [0.15, 0.2) is 0 Å². The second-order valence-electron chi connectivity index (χ2n) is 8.21. The van der Waals surface area contributed by atoms with Gasteiger partial charge in [0.1, 0.15) is 16.7 Å². The molecule has 1 unspecified atom stereocenters. The Morgan fingerprint density at radius 2 is 1.77 bits per heavy atom. The molecule has 1 saturated heterocycles. The number of aryl methyl sites for hydroxylation is 2. The van der Waals surface area contributed by atoms with Crippen LogP contribution in [0.5, 0.6) is 0 Å². The van der Waals surface area contributed by atoms with Crippen LogP contribution in [0.3, 0.4) is 0 Å². The smallest absolute Gasteiger partial charge is 0.269 e. The molecule has 1 N–H and O–H groups in total. The molecule has 2 amide bonds. The molecule has 1 atom stereocenters. The maximum Gasteiger partial charge on any atom is 0.269 e. The minimum absolute atomic E-state index is 0.106. The van der Waals surface area contributed by atoms with E-state index >= 15 is 0 Å². The van der Waals surface area contributed by atoms with Crippen LogP contribution in [0.15, 0.2) is 83.4 Å². The van der Waals surface area contributed by atoms with Gasteiger partial charge in [0.05, 0.1) is 5.25 Å². The first kappa shape index (κ1) is 24.6. The minimum Gasteiger partial charge on any atom is -0.321 e. The lowest BCUT2D eigenvalue weighted by molar-refractivity contribution is -0.117. The highest BCUT2D eigenvalue weighted by molar-refractivity contribution is 8.05. The van der Waals surface area contributed by atoms with Crippen molar-refractivity contribution < 1.29 is 9.59 Å². The summed E-state index contributed by atoms with van der Waals surface area (Å²) >= 11 is 7.58. The number of nitrogens with zero attached hydrogens (tertiary/aromatic N) is 2. The monoisotopic (exact) mass is 501 g/mol. The number of hydrogen-bond donors (Lipinski definition) is 1. The molecule has 0 bridgehead atoms. The number of amides is 2. The van der Waals surface area contributed by atoms with E-state index in [0.29, 0.717) is 27.8 Å². The molecule has 5 nitrogen and oxygen atoms in total. The van der Waals surface area contributed by atoms with Gasteiger partial charge < -0.3 is 5.32 Å². The second-order valence-corrected chi connectivity index (χ2v) is 9.81. The standard InChI is InChI=1S/C28H24ClN3O2S/c1-3-19-10-14-22(15-11-19)32-27(34)25(16-20-6-4-5-7-24(20)29)35-28(32)23(17-30)26(33)31-21-12-8-18(2)9-13-21/h4-15,25H,3,16H2,1-2H3,(H,31,33)/b28-23-. The van der Waals surface area contributed by atoms with Gasteiger partial charge in [0, 0.05) is 16.4 Å². The maximum absolute atomic E-state index is 13.6. The van der Waals surface area contributed by atoms with Crippen LogP contribution >= 0.6 is 23.4 Å². The van der Waals surface area contributed by atoms with Crippen molar-refractivity contribution in [3.05, 3.63) is 105 Å². The van der Waals surface area contributed by atoms with Gasteiger partial charge >= 0.3 is 0 Å². The molecular weight excluding hydrogens is 478 g/mol. The number of rotatable bonds is 6. The van der Waals surface area contributed by atoms with Crippen molar-refractivity contribution in [2.45, 2.75) is 31.9 Å². The summed E-state index contributed by atoms with van der Waals surface area (Å²) in [6.07, 6.45) is 1.25. The zero-order valence-corrected chi connectivity index (χ0v) is 21.0. The summed E-state index contributed by atoms with van der Waals surface area (Å²) in [6.45, 7) is 4.01. The lowest BCUT2D eigenvalue weighted by Gasteiger charge is -2.19. The van der Waals surface area contributed by atoms with Gasteiger partial charge in [-0.1, -0.05) is 78.3 Å². The normalized spacial score (nSPS) is 16.7. The molecule has 1 heterocycles. The summed E-state index contributed by atoms with van der Waals surface area (Å²) in [6, 6.07) is 24.3. The Bertz CT molecular complexity index is 1330. The quantitative estimate of drug-likeness (QED) is 0.319. The summed E-state index contributed by atoms with van der Waals surface area (Å²) in [5, 5.41) is 13.2. The fourth-order valence-electron chi connectivity index (χ4n) is 3.80. The molecule has 1 aliphatic heterocycles. The van der Waals surface area contributed by atoms with Crippen LogP contribution in [-0.4, -0.2) is 17.1 Å². The molecule has 1 aliphatic rings. The van der Waals surface area contributed by atoms with Crippen LogP contribution < -0.4 is 10.2 Å². The van der Waals surface area contributed by atoms with E-state index in [-0.39, 0.29) is 11.5 Å². The fraction of sp³-hybridized carbons (Fsp3) is 0.179. The van der Waals surface area contributed by atoms with Gasteiger partial charge in [0.25, 0.3) is 5.91 Å². The third-order valence-corrected chi connectivity index (χ3v) is 7.41. The first-order valence-electron chi connectivity index (χ1n) is 11.3. The Hall–Kier alpha value is -3.53. The van der Waals surface area contributed by atoms with E-state index in [1.807, 2.05) is 67.6 Å². The molecule has 7 heteroatoms. The lowest BCUT2D eigenvalue weighted by atomic mass is 10.1. The van der Waals surface area contributed by atoms with Crippen LogP contribution in [0.2, 0.25) is 5.02 Å². The summed E-state index contributed by atoms with van der Waals surface area (Å²) in [5.74, 6) is -0.745. The number of hydrogen-bond acceptors (Lipinski definition) is 4. The largest absolute Gasteiger partial charge is 0.321 e. The van der Waals surface area contributed by atoms with Crippen molar-refractivity contribution in [1.29, 1.82) is 5.26 Å². The molecule has 35 heavy (non-hydrogen) atoms. The Morgan fingerprint density at radius 1 is 1.09 bits per heavy atom. The molecule has 0 saturated carbocycles. The van der Waals surface area contributed by atoms with E-state index in [2.05, 4.69) is 12.2 Å². The van der Waals surface area contributed by atoms with E-state index in [1.165, 1.54) is 16.7 Å². The average Bonchev–Trinajstić information content (AvgIpc) is 3.18. The molecule has 0 radical (unpaired) electrons. The van der Waals surface area contributed by atoms with E-state index in [1.54, 1.807) is 18.2 Å². The zero-order chi connectivity index (χ0) is 24.9. The molecule has 176 valence electrons.